The maximum atomic E-state index is 12.8. The fraction of sp³-hybridized carbons (Fsp3) is 0.263. The average Bonchev–Trinajstić information content (AvgIpc) is 3.51. The molecule has 0 aromatic carbocycles. The number of halogens is 3. The van der Waals surface area contributed by atoms with Gasteiger partial charge in [-0.1, -0.05) is 0 Å². The van der Waals surface area contributed by atoms with E-state index in [0.717, 1.165) is 18.5 Å². The van der Waals surface area contributed by atoms with Crippen molar-refractivity contribution in [2.45, 2.75) is 6.18 Å². The number of cyclic esters (lactones) is 1. The first-order valence-corrected chi connectivity index (χ1v) is 9.80. The second-order valence-electron chi connectivity index (χ2n) is 7.18. The van der Waals surface area contributed by atoms with Gasteiger partial charge in [0.15, 0.2) is 11.5 Å². The Balaban J connectivity index is 1.54. The Morgan fingerprint density at radius 3 is 2.77 bits per heavy atom. The van der Waals surface area contributed by atoms with Crippen LogP contribution in [-0.2, 0) is 11.8 Å². The summed E-state index contributed by atoms with van der Waals surface area (Å²) in [6.07, 6.45) is -3.70. The third kappa shape index (κ3) is 5.15. The topological polar surface area (TPSA) is 156 Å². The molecular formula is C19H16F3N7O6. The number of oxazole rings is 1. The molecule has 0 atom stereocenters. The van der Waals surface area contributed by atoms with Crippen LogP contribution in [0.25, 0.3) is 11.5 Å². The van der Waals surface area contributed by atoms with Crippen molar-refractivity contribution >= 4 is 35.4 Å². The van der Waals surface area contributed by atoms with Crippen molar-refractivity contribution in [3.63, 3.8) is 0 Å². The number of alkyl halides is 3. The first-order valence-electron chi connectivity index (χ1n) is 9.80. The SMILES string of the molecule is Cn1cc(NC(=O)c2coc(-c3ccnc(N(CC(F)(F)F)C(=O)O)c3)n2)c(N2CCOC2=O)n1. The predicted molar refractivity (Wildman–Crippen MR) is 111 cm³/mol. The van der Waals surface area contributed by atoms with E-state index in [0.29, 0.717) is 0 Å². The number of carbonyl (C=O) groups excluding carboxylic acids is 2. The number of nitrogens with zero attached hydrogens (tertiary/aromatic N) is 6. The van der Waals surface area contributed by atoms with Crippen LogP contribution in [0.1, 0.15) is 10.5 Å². The van der Waals surface area contributed by atoms with Gasteiger partial charge in [0, 0.05) is 18.8 Å². The van der Waals surface area contributed by atoms with Gasteiger partial charge in [0.1, 0.15) is 30.9 Å². The van der Waals surface area contributed by atoms with Gasteiger partial charge in [-0.05, 0) is 12.1 Å². The highest BCUT2D eigenvalue weighted by Gasteiger charge is 2.35. The molecule has 1 aliphatic heterocycles. The highest BCUT2D eigenvalue weighted by molar-refractivity contribution is 6.05. The minimum Gasteiger partial charge on any atom is -0.465 e. The lowest BCUT2D eigenvalue weighted by Gasteiger charge is -2.19. The van der Waals surface area contributed by atoms with Crippen LogP contribution in [0, 0.1) is 0 Å². The van der Waals surface area contributed by atoms with E-state index in [-0.39, 0.29) is 46.7 Å². The summed E-state index contributed by atoms with van der Waals surface area (Å²) in [5.74, 6) is -1.22. The molecule has 1 aliphatic rings. The Morgan fingerprint density at radius 2 is 2.11 bits per heavy atom. The third-order valence-corrected chi connectivity index (χ3v) is 4.65. The Bertz CT molecular complexity index is 1290. The number of hydrogen-bond donors (Lipinski definition) is 2. The predicted octanol–water partition coefficient (Wildman–Crippen LogP) is 2.73. The molecule has 35 heavy (non-hydrogen) atoms. The number of pyridine rings is 1. The normalized spacial score (nSPS) is 13.6. The zero-order valence-corrected chi connectivity index (χ0v) is 17.8. The number of ether oxygens (including phenoxy) is 1. The molecule has 0 bridgehead atoms. The lowest BCUT2D eigenvalue weighted by atomic mass is 10.2. The number of nitrogens with one attached hydrogen (secondary N) is 1. The maximum Gasteiger partial charge on any atom is 0.415 e. The monoisotopic (exact) mass is 495 g/mol. The number of aromatic nitrogens is 4. The van der Waals surface area contributed by atoms with Crippen molar-refractivity contribution in [2.24, 2.45) is 7.05 Å². The molecule has 0 aliphatic carbocycles. The lowest BCUT2D eigenvalue weighted by molar-refractivity contribution is -0.119. The van der Waals surface area contributed by atoms with Gasteiger partial charge in [-0.15, -0.1) is 0 Å². The van der Waals surface area contributed by atoms with Crippen molar-refractivity contribution < 1.29 is 41.8 Å². The lowest BCUT2D eigenvalue weighted by Crippen LogP contribution is -2.38. The number of amides is 3. The summed E-state index contributed by atoms with van der Waals surface area (Å²) in [5, 5.41) is 15.9. The van der Waals surface area contributed by atoms with Gasteiger partial charge in [-0.25, -0.2) is 19.6 Å². The minimum atomic E-state index is -4.79. The van der Waals surface area contributed by atoms with Gasteiger partial charge in [0.05, 0.1) is 12.7 Å². The van der Waals surface area contributed by atoms with Crippen LogP contribution in [0.3, 0.4) is 0 Å². The average molecular weight is 495 g/mol. The summed E-state index contributed by atoms with van der Waals surface area (Å²) in [6, 6.07) is 2.36. The molecular weight excluding hydrogens is 479 g/mol. The Hall–Kier alpha value is -4.63. The van der Waals surface area contributed by atoms with E-state index in [1.165, 1.54) is 21.8 Å². The minimum absolute atomic E-state index is 0.0212. The van der Waals surface area contributed by atoms with E-state index in [1.807, 2.05) is 0 Å². The molecule has 4 heterocycles. The molecule has 0 saturated carbocycles. The van der Waals surface area contributed by atoms with E-state index >= 15 is 0 Å². The van der Waals surface area contributed by atoms with Gasteiger partial charge < -0.3 is 19.6 Å². The largest absolute Gasteiger partial charge is 0.465 e. The molecule has 184 valence electrons. The first kappa shape index (κ1) is 23.5. The second-order valence-corrected chi connectivity index (χ2v) is 7.18. The summed E-state index contributed by atoms with van der Waals surface area (Å²) >= 11 is 0. The molecule has 2 N–H and O–H groups in total. The Morgan fingerprint density at radius 1 is 1.34 bits per heavy atom. The van der Waals surface area contributed by atoms with Crippen LogP contribution in [0.15, 0.2) is 35.2 Å². The van der Waals surface area contributed by atoms with Crippen LogP contribution in [-0.4, -0.2) is 68.8 Å². The molecule has 0 unspecified atom stereocenters. The zero-order chi connectivity index (χ0) is 25.3. The van der Waals surface area contributed by atoms with Crippen molar-refractivity contribution in [1.29, 1.82) is 0 Å². The van der Waals surface area contributed by atoms with Crippen molar-refractivity contribution in [3.05, 3.63) is 36.5 Å². The summed E-state index contributed by atoms with van der Waals surface area (Å²) in [7, 11) is 1.59. The smallest absolute Gasteiger partial charge is 0.415 e. The highest BCUT2D eigenvalue weighted by atomic mass is 19.4. The van der Waals surface area contributed by atoms with Crippen molar-refractivity contribution in [2.75, 3.05) is 34.8 Å². The first-order chi connectivity index (χ1) is 16.5. The molecule has 1 fully saturated rings. The van der Waals surface area contributed by atoms with Gasteiger partial charge in [-0.3, -0.25) is 19.3 Å². The van der Waals surface area contributed by atoms with Gasteiger partial charge in [0.25, 0.3) is 5.91 Å². The zero-order valence-electron chi connectivity index (χ0n) is 17.8. The fourth-order valence-corrected chi connectivity index (χ4v) is 3.17. The van der Waals surface area contributed by atoms with E-state index < -0.39 is 36.6 Å². The van der Waals surface area contributed by atoms with Crippen LogP contribution in [0.4, 0.5) is 40.1 Å². The number of anilines is 3. The van der Waals surface area contributed by atoms with E-state index in [4.69, 9.17) is 14.3 Å². The summed E-state index contributed by atoms with van der Waals surface area (Å²) in [6.45, 7) is -1.35. The highest BCUT2D eigenvalue weighted by Crippen LogP contribution is 2.28. The van der Waals surface area contributed by atoms with E-state index in [9.17, 15) is 27.6 Å². The Kier molecular flexibility index (Phi) is 6.02. The Labute approximate surface area is 193 Å². The third-order valence-electron chi connectivity index (χ3n) is 4.65. The number of aryl methyl sites for hydroxylation is 1. The number of carbonyl (C=O) groups is 3. The molecule has 4 rings (SSSR count). The van der Waals surface area contributed by atoms with Gasteiger partial charge in [0.2, 0.25) is 5.89 Å². The summed E-state index contributed by atoms with van der Waals surface area (Å²) in [5.41, 5.74) is 0.100. The molecule has 3 aromatic heterocycles. The number of carboxylic acid groups (broad SMARTS) is 1. The van der Waals surface area contributed by atoms with Crippen LogP contribution < -0.4 is 15.1 Å². The van der Waals surface area contributed by atoms with Crippen molar-refractivity contribution in [3.8, 4) is 11.5 Å². The number of rotatable bonds is 6. The molecule has 16 heteroatoms. The summed E-state index contributed by atoms with van der Waals surface area (Å²) in [4.78, 5) is 44.8. The second kappa shape index (κ2) is 8.96. The summed E-state index contributed by atoms with van der Waals surface area (Å²) < 4.78 is 49.8. The molecule has 3 aromatic rings. The van der Waals surface area contributed by atoms with Gasteiger partial charge >= 0.3 is 18.4 Å². The fourth-order valence-electron chi connectivity index (χ4n) is 3.17. The van der Waals surface area contributed by atoms with Crippen LogP contribution in [0.5, 0.6) is 0 Å². The van der Waals surface area contributed by atoms with E-state index in [2.05, 4.69) is 20.4 Å². The standard InChI is InChI=1S/C19H16F3N7O6/c1-27-7-11(14(26-27)28-4-5-34-18(28)33)24-15(30)12-8-35-16(25-12)10-2-3-23-13(6-10)29(17(31)32)9-19(20,21)22/h2-3,6-8H,4-5,9H2,1H3,(H,24,30)(H,31,32). The molecule has 1 saturated heterocycles. The van der Waals surface area contributed by atoms with Crippen molar-refractivity contribution in [1.82, 2.24) is 19.7 Å². The molecule has 13 nitrogen and oxygen atoms in total. The molecule has 3 amide bonds. The van der Waals surface area contributed by atoms with Crippen LogP contribution >= 0.6 is 0 Å². The molecule has 0 spiro atoms. The number of hydrogen-bond acceptors (Lipinski definition) is 8. The quantitative estimate of drug-likeness (QED) is 0.525. The maximum absolute atomic E-state index is 12.8. The van der Waals surface area contributed by atoms with Gasteiger partial charge in [-0.2, -0.15) is 18.3 Å². The van der Waals surface area contributed by atoms with E-state index in [1.54, 1.807) is 7.05 Å². The van der Waals surface area contributed by atoms with Crippen LogP contribution in [0.2, 0.25) is 0 Å². The molecule has 0 radical (unpaired) electrons.